The first-order valence-electron chi connectivity index (χ1n) is 12.3. The maximum Gasteiger partial charge on any atom is 0.419 e. The lowest BCUT2D eigenvalue weighted by Crippen LogP contribution is -2.31. The van der Waals surface area contributed by atoms with Gasteiger partial charge in [-0.3, -0.25) is 4.79 Å². The number of H-pyrrole nitrogens is 1. The maximum atomic E-state index is 14.2. The highest BCUT2D eigenvalue weighted by molar-refractivity contribution is 5.96. The number of nitrogens with one attached hydrogen (secondary N) is 3. The van der Waals surface area contributed by atoms with Crippen LogP contribution in [0.3, 0.4) is 0 Å². The predicted molar refractivity (Wildman–Crippen MR) is 143 cm³/mol. The van der Waals surface area contributed by atoms with Crippen LogP contribution in [-0.2, 0) is 11.0 Å². The average Bonchev–Trinajstić information content (AvgIpc) is 3.52. The van der Waals surface area contributed by atoms with E-state index in [0.29, 0.717) is 23.6 Å². The Kier molecular flexibility index (Phi) is 6.89. The number of fused-ring (bicyclic) bond motifs is 1. The van der Waals surface area contributed by atoms with Gasteiger partial charge in [-0.05, 0) is 44.8 Å². The monoisotopic (exact) mass is 541 g/mol. The van der Waals surface area contributed by atoms with Gasteiger partial charge in [-0.2, -0.15) is 13.2 Å². The van der Waals surface area contributed by atoms with Gasteiger partial charge in [0.05, 0.1) is 22.6 Å². The van der Waals surface area contributed by atoms with E-state index in [0.717, 1.165) is 25.2 Å². The molecule has 4 aromatic rings. The molecule has 204 valence electrons. The molecule has 1 aliphatic heterocycles. The molecule has 3 N–H and O–H groups in total. The lowest BCUT2D eigenvalue weighted by atomic mass is 10.1. The van der Waals surface area contributed by atoms with Gasteiger partial charge < -0.3 is 25.4 Å². The largest absolute Gasteiger partial charge is 0.419 e. The molecule has 0 spiro atoms. The molecular formula is C27H27F4N7O. The molecule has 3 heterocycles. The van der Waals surface area contributed by atoms with Crippen molar-refractivity contribution in [3.05, 3.63) is 60.2 Å². The second kappa shape index (κ2) is 10.2. The van der Waals surface area contributed by atoms with Crippen LogP contribution in [0.4, 0.5) is 40.6 Å². The number of nitrogens with zero attached hydrogens (tertiary/aromatic N) is 4. The molecule has 1 saturated heterocycles. The van der Waals surface area contributed by atoms with Crippen LogP contribution in [0.25, 0.3) is 22.2 Å². The molecule has 1 atom stereocenters. The Bertz CT molecular complexity index is 1530. The molecule has 12 heteroatoms. The highest BCUT2D eigenvalue weighted by atomic mass is 19.4. The van der Waals surface area contributed by atoms with Crippen LogP contribution in [0, 0.1) is 5.82 Å². The van der Waals surface area contributed by atoms with E-state index >= 15 is 0 Å². The van der Waals surface area contributed by atoms with Crippen LogP contribution < -0.4 is 15.5 Å². The predicted octanol–water partition coefficient (Wildman–Crippen LogP) is 5.63. The maximum absolute atomic E-state index is 14.2. The van der Waals surface area contributed by atoms with E-state index in [1.54, 1.807) is 12.1 Å². The van der Waals surface area contributed by atoms with Gasteiger partial charge in [-0.15, -0.1) is 0 Å². The van der Waals surface area contributed by atoms with Gasteiger partial charge in [0.2, 0.25) is 11.9 Å². The summed E-state index contributed by atoms with van der Waals surface area (Å²) >= 11 is 0. The third-order valence-corrected chi connectivity index (χ3v) is 6.81. The van der Waals surface area contributed by atoms with E-state index in [1.165, 1.54) is 31.3 Å². The Morgan fingerprint density at radius 2 is 2.00 bits per heavy atom. The number of alkyl halides is 3. The zero-order valence-corrected chi connectivity index (χ0v) is 21.5. The summed E-state index contributed by atoms with van der Waals surface area (Å²) in [5.74, 6) is -0.921. The Morgan fingerprint density at radius 3 is 2.69 bits per heavy atom. The van der Waals surface area contributed by atoms with Gasteiger partial charge in [-0.25, -0.2) is 14.4 Å². The van der Waals surface area contributed by atoms with E-state index < -0.39 is 17.6 Å². The van der Waals surface area contributed by atoms with Crippen LogP contribution in [-0.4, -0.2) is 59.0 Å². The molecule has 0 saturated carbocycles. The zero-order valence-electron chi connectivity index (χ0n) is 21.5. The van der Waals surface area contributed by atoms with Crippen molar-refractivity contribution in [3.8, 4) is 11.3 Å². The summed E-state index contributed by atoms with van der Waals surface area (Å²) in [6, 6.07) is 9.85. The number of aromatic nitrogens is 3. The summed E-state index contributed by atoms with van der Waals surface area (Å²) in [5.41, 5.74) is 0.630. The molecule has 1 amide bonds. The molecule has 39 heavy (non-hydrogen) atoms. The van der Waals surface area contributed by atoms with Crippen LogP contribution in [0.15, 0.2) is 48.8 Å². The molecule has 0 aliphatic carbocycles. The molecule has 5 rings (SSSR count). The average molecular weight is 542 g/mol. The van der Waals surface area contributed by atoms with Crippen molar-refractivity contribution in [3.63, 3.8) is 0 Å². The van der Waals surface area contributed by atoms with Crippen LogP contribution in [0.2, 0.25) is 0 Å². The molecule has 2 aromatic carbocycles. The number of halogens is 4. The van der Waals surface area contributed by atoms with Crippen molar-refractivity contribution in [1.29, 1.82) is 0 Å². The molecule has 1 aliphatic rings. The number of hydrogen-bond acceptors (Lipinski definition) is 6. The number of anilines is 4. The van der Waals surface area contributed by atoms with E-state index in [9.17, 15) is 22.4 Å². The van der Waals surface area contributed by atoms with E-state index in [2.05, 4.69) is 35.4 Å². The number of hydrogen-bond donors (Lipinski definition) is 3. The fourth-order valence-corrected chi connectivity index (χ4v) is 4.86. The minimum atomic E-state index is -4.73. The first-order chi connectivity index (χ1) is 18.5. The smallest absolute Gasteiger partial charge is 0.368 e. The SMILES string of the molecule is CC(=O)Nc1cc(Nc2ncc(C(F)(F)F)c(-c3c[nH]c4c(F)cccc34)n2)ccc1N1CC[C@@H](N(C)C)C1. The highest BCUT2D eigenvalue weighted by Gasteiger charge is 2.36. The van der Waals surface area contributed by atoms with Crippen molar-refractivity contribution >= 4 is 39.8 Å². The molecule has 0 bridgehead atoms. The molecule has 1 fully saturated rings. The third kappa shape index (κ3) is 5.37. The van der Waals surface area contributed by atoms with E-state index in [-0.39, 0.29) is 34.0 Å². The zero-order chi connectivity index (χ0) is 27.9. The Balaban J connectivity index is 1.51. The molecular weight excluding hydrogens is 514 g/mol. The fraction of sp³-hybridized carbons (Fsp3) is 0.296. The lowest BCUT2D eigenvalue weighted by Gasteiger charge is -2.24. The highest BCUT2D eigenvalue weighted by Crippen LogP contribution is 2.39. The van der Waals surface area contributed by atoms with Gasteiger partial charge in [-0.1, -0.05) is 12.1 Å². The quantitative estimate of drug-likeness (QED) is 0.275. The van der Waals surface area contributed by atoms with Crippen LogP contribution in [0.5, 0.6) is 0 Å². The van der Waals surface area contributed by atoms with Crippen LogP contribution >= 0.6 is 0 Å². The number of para-hydroxylation sites is 1. The summed E-state index contributed by atoms with van der Waals surface area (Å²) in [7, 11) is 4.06. The van der Waals surface area contributed by atoms with Crippen LogP contribution in [0.1, 0.15) is 18.9 Å². The standard InChI is InChI=1S/C27H27F4N7O/c1-15(39)34-22-11-16(7-8-23(22)38-10-9-17(14-38)37(2)3)35-26-33-13-20(27(29,30)31)24(36-26)19-12-32-25-18(19)5-4-6-21(25)28/h4-8,11-13,17,32H,9-10,14H2,1-3H3,(H,34,39)(H,33,35,36)/t17-/m1/s1. The molecule has 0 radical (unpaired) electrons. The Hall–Kier alpha value is -4.19. The van der Waals surface area contributed by atoms with Gasteiger partial charge in [0.1, 0.15) is 11.4 Å². The Labute approximate surface area is 222 Å². The molecule has 0 unspecified atom stereocenters. The van der Waals surface area contributed by atoms with Crippen molar-refractivity contribution in [1.82, 2.24) is 19.9 Å². The summed E-state index contributed by atoms with van der Waals surface area (Å²) < 4.78 is 55.9. The number of benzene rings is 2. The van der Waals surface area contributed by atoms with Gasteiger partial charge in [0.25, 0.3) is 0 Å². The summed E-state index contributed by atoms with van der Waals surface area (Å²) in [6.07, 6.45) is -1.75. The van der Waals surface area contributed by atoms with Crippen molar-refractivity contribution in [2.24, 2.45) is 0 Å². The Morgan fingerprint density at radius 1 is 1.21 bits per heavy atom. The van der Waals surface area contributed by atoms with Gasteiger partial charge in [0, 0.05) is 55.1 Å². The number of amides is 1. The summed E-state index contributed by atoms with van der Waals surface area (Å²) in [6.45, 7) is 3.02. The normalized spacial score (nSPS) is 15.8. The summed E-state index contributed by atoms with van der Waals surface area (Å²) in [5, 5.41) is 6.06. The topological polar surface area (TPSA) is 89.2 Å². The van der Waals surface area contributed by atoms with Crippen molar-refractivity contribution < 1.29 is 22.4 Å². The number of carbonyl (C=O) groups is 1. The van der Waals surface area contributed by atoms with E-state index in [1.807, 2.05) is 20.2 Å². The number of likely N-dealkylation sites (N-methyl/N-ethyl adjacent to an activating group) is 1. The fourth-order valence-electron chi connectivity index (χ4n) is 4.86. The lowest BCUT2D eigenvalue weighted by molar-refractivity contribution is -0.137. The second-order valence-electron chi connectivity index (χ2n) is 9.71. The minimum Gasteiger partial charge on any atom is -0.368 e. The minimum absolute atomic E-state index is 0.0841. The second-order valence-corrected chi connectivity index (χ2v) is 9.71. The number of aromatic amines is 1. The van der Waals surface area contributed by atoms with Gasteiger partial charge >= 0.3 is 6.18 Å². The molecule has 8 nitrogen and oxygen atoms in total. The van der Waals surface area contributed by atoms with Crippen molar-refractivity contribution in [2.45, 2.75) is 25.6 Å². The van der Waals surface area contributed by atoms with E-state index in [4.69, 9.17) is 0 Å². The number of carbonyl (C=O) groups excluding carboxylic acids is 1. The number of rotatable bonds is 6. The third-order valence-electron chi connectivity index (χ3n) is 6.81. The van der Waals surface area contributed by atoms with Crippen molar-refractivity contribution in [2.75, 3.05) is 42.7 Å². The first kappa shape index (κ1) is 26.4. The first-order valence-corrected chi connectivity index (χ1v) is 12.3. The van der Waals surface area contributed by atoms with Gasteiger partial charge in [0.15, 0.2) is 0 Å². The molecule has 2 aromatic heterocycles. The summed E-state index contributed by atoms with van der Waals surface area (Å²) in [4.78, 5) is 27.1.